The third-order valence-corrected chi connectivity index (χ3v) is 3.79. The van der Waals surface area contributed by atoms with Gasteiger partial charge in [-0.05, 0) is 40.2 Å². The highest BCUT2D eigenvalue weighted by Gasteiger charge is 2.23. The highest BCUT2D eigenvalue weighted by Crippen LogP contribution is 2.23. The number of aromatic nitrogens is 2. The molecule has 0 amide bonds. The lowest BCUT2D eigenvalue weighted by Gasteiger charge is -2.34. The molecular formula is C14H26N4. The van der Waals surface area contributed by atoms with Gasteiger partial charge in [0, 0.05) is 31.4 Å². The van der Waals surface area contributed by atoms with Gasteiger partial charge in [0.05, 0.1) is 5.69 Å². The average Bonchev–Trinajstić information content (AvgIpc) is 2.83. The standard InChI is InChI=1S/C14H26N4/c1-5-12-10-18(11(2)3)14(16-12)17-8-6-7-13(9-17)15-4/h10-11,13,15H,5-9H2,1-4H3. The number of rotatable bonds is 4. The van der Waals surface area contributed by atoms with Crippen molar-refractivity contribution in [3.8, 4) is 0 Å². The van der Waals surface area contributed by atoms with Crippen LogP contribution in [0.25, 0.3) is 0 Å². The minimum absolute atomic E-state index is 0.475. The molecule has 4 heteroatoms. The Bertz CT molecular complexity index is 383. The second-order valence-electron chi connectivity index (χ2n) is 5.46. The minimum Gasteiger partial charge on any atom is -0.341 e. The smallest absolute Gasteiger partial charge is 0.206 e. The maximum absolute atomic E-state index is 4.80. The summed E-state index contributed by atoms with van der Waals surface area (Å²) >= 11 is 0. The number of likely N-dealkylation sites (N-methyl/N-ethyl adjacent to an activating group) is 1. The molecule has 1 aromatic rings. The van der Waals surface area contributed by atoms with Crippen LogP contribution in [0.5, 0.6) is 0 Å². The summed E-state index contributed by atoms with van der Waals surface area (Å²) in [5.74, 6) is 1.15. The third-order valence-electron chi connectivity index (χ3n) is 3.79. The van der Waals surface area contributed by atoms with E-state index < -0.39 is 0 Å². The van der Waals surface area contributed by atoms with Crippen LogP contribution in [-0.4, -0.2) is 35.7 Å². The summed E-state index contributed by atoms with van der Waals surface area (Å²) in [4.78, 5) is 7.24. The van der Waals surface area contributed by atoms with Gasteiger partial charge in [-0.2, -0.15) is 0 Å². The first-order valence-corrected chi connectivity index (χ1v) is 7.15. The molecule has 1 saturated heterocycles. The Morgan fingerprint density at radius 1 is 1.50 bits per heavy atom. The number of imidazole rings is 1. The van der Waals surface area contributed by atoms with Gasteiger partial charge in [-0.3, -0.25) is 0 Å². The second kappa shape index (κ2) is 5.74. The van der Waals surface area contributed by atoms with Crippen LogP contribution in [0.1, 0.15) is 45.3 Å². The molecule has 18 heavy (non-hydrogen) atoms. The molecule has 1 unspecified atom stereocenters. The van der Waals surface area contributed by atoms with Gasteiger partial charge in [0.2, 0.25) is 5.95 Å². The first kappa shape index (κ1) is 13.4. The molecule has 0 saturated carbocycles. The largest absolute Gasteiger partial charge is 0.341 e. The summed E-state index contributed by atoms with van der Waals surface area (Å²) in [5, 5.41) is 3.39. The van der Waals surface area contributed by atoms with E-state index in [0.29, 0.717) is 12.1 Å². The number of nitrogens with zero attached hydrogens (tertiary/aromatic N) is 3. The van der Waals surface area contributed by atoms with E-state index in [1.807, 2.05) is 0 Å². The molecule has 2 rings (SSSR count). The molecule has 0 aromatic carbocycles. The van der Waals surface area contributed by atoms with Gasteiger partial charge in [-0.25, -0.2) is 4.98 Å². The molecule has 1 aliphatic rings. The lowest BCUT2D eigenvalue weighted by Crippen LogP contribution is -2.45. The summed E-state index contributed by atoms with van der Waals surface area (Å²) in [6.07, 6.45) is 5.74. The number of hydrogen-bond acceptors (Lipinski definition) is 3. The molecule has 1 N–H and O–H groups in total. The number of aryl methyl sites for hydroxylation is 1. The Labute approximate surface area is 110 Å². The topological polar surface area (TPSA) is 33.1 Å². The van der Waals surface area contributed by atoms with Crippen LogP contribution < -0.4 is 10.2 Å². The molecule has 0 aliphatic carbocycles. The van der Waals surface area contributed by atoms with Crippen molar-refractivity contribution in [2.75, 3.05) is 25.0 Å². The molecule has 0 bridgehead atoms. The van der Waals surface area contributed by atoms with Crippen molar-refractivity contribution in [1.29, 1.82) is 0 Å². The molecule has 0 radical (unpaired) electrons. The van der Waals surface area contributed by atoms with Gasteiger partial charge in [-0.15, -0.1) is 0 Å². The average molecular weight is 250 g/mol. The lowest BCUT2D eigenvalue weighted by atomic mass is 10.1. The van der Waals surface area contributed by atoms with Crippen LogP contribution in [0.2, 0.25) is 0 Å². The van der Waals surface area contributed by atoms with E-state index in [4.69, 9.17) is 4.98 Å². The zero-order valence-electron chi connectivity index (χ0n) is 12.1. The zero-order chi connectivity index (χ0) is 13.1. The highest BCUT2D eigenvalue weighted by molar-refractivity contribution is 5.35. The maximum Gasteiger partial charge on any atom is 0.206 e. The van der Waals surface area contributed by atoms with Crippen molar-refractivity contribution >= 4 is 5.95 Å². The SMILES string of the molecule is CCc1cn(C(C)C)c(N2CCCC(NC)C2)n1. The van der Waals surface area contributed by atoms with Crippen LogP contribution in [0.3, 0.4) is 0 Å². The van der Waals surface area contributed by atoms with E-state index in [1.54, 1.807) is 0 Å². The van der Waals surface area contributed by atoms with Crippen molar-refractivity contribution in [3.05, 3.63) is 11.9 Å². The van der Waals surface area contributed by atoms with Crippen LogP contribution in [0, 0.1) is 0 Å². The molecule has 102 valence electrons. The Hall–Kier alpha value is -1.03. The first-order chi connectivity index (χ1) is 8.65. The number of nitrogens with one attached hydrogen (secondary N) is 1. The second-order valence-corrected chi connectivity index (χ2v) is 5.46. The van der Waals surface area contributed by atoms with Crippen molar-refractivity contribution in [3.63, 3.8) is 0 Å². The Morgan fingerprint density at radius 3 is 2.89 bits per heavy atom. The van der Waals surface area contributed by atoms with Crippen LogP contribution in [-0.2, 0) is 6.42 Å². The minimum atomic E-state index is 0.475. The van der Waals surface area contributed by atoms with Gasteiger partial charge in [0.1, 0.15) is 0 Å². The van der Waals surface area contributed by atoms with Gasteiger partial charge < -0.3 is 14.8 Å². The van der Waals surface area contributed by atoms with Gasteiger partial charge >= 0.3 is 0 Å². The predicted octanol–water partition coefficient (Wildman–Crippen LogP) is 2.21. The van der Waals surface area contributed by atoms with Crippen LogP contribution in [0.4, 0.5) is 5.95 Å². The summed E-state index contributed by atoms with van der Waals surface area (Å²) in [6, 6.07) is 1.07. The Kier molecular flexibility index (Phi) is 4.27. The van der Waals surface area contributed by atoms with Gasteiger partial charge in [0.25, 0.3) is 0 Å². The molecule has 4 nitrogen and oxygen atoms in total. The van der Waals surface area contributed by atoms with Crippen molar-refractivity contribution in [1.82, 2.24) is 14.9 Å². The van der Waals surface area contributed by atoms with Crippen molar-refractivity contribution < 1.29 is 0 Å². The van der Waals surface area contributed by atoms with E-state index in [9.17, 15) is 0 Å². The fraction of sp³-hybridized carbons (Fsp3) is 0.786. The number of piperidine rings is 1. The normalized spacial score (nSPS) is 20.7. The monoisotopic (exact) mass is 250 g/mol. The van der Waals surface area contributed by atoms with Crippen molar-refractivity contribution in [2.24, 2.45) is 0 Å². The highest BCUT2D eigenvalue weighted by atomic mass is 15.3. The van der Waals surface area contributed by atoms with E-state index in [2.05, 4.69) is 48.8 Å². The molecule has 2 heterocycles. The van der Waals surface area contributed by atoms with Crippen molar-refractivity contribution in [2.45, 2.75) is 52.1 Å². The lowest BCUT2D eigenvalue weighted by molar-refractivity contribution is 0.438. The molecule has 1 aromatic heterocycles. The van der Waals surface area contributed by atoms with E-state index >= 15 is 0 Å². The van der Waals surface area contributed by atoms with Gasteiger partial charge in [-0.1, -0.05) is 6.92 Å². The fourth-order valence-electron chi connectivity index (χ4n) is 2.61. The van der Waals surface area contributed by atoms with Crippen LogP contribution >= 0.6 is 0 Å². The molecule has 1 aliphatic heterocycles. The summed E-state index contributed by atoms with van der Waals surface area (Å²) in [6.45, 7) is 8.83. The Balaban J connectivity index is 2.22. The third kappa shape index (κ3) is 2.69. The number of hydrogen-bond donors (Lipinski definition) is 1. The maximum atomic E-state index is 4.80. The fourth-order valence-corrected chi connectivity index (χ4v) is 2.61. The van der Waals surface area contributed by atoms with Crippen LogP contribution in [0.15, 0.2) is 6.20 Å². The molecule has 1 atom stereocenters. The predicted molar refractivity (Wildman–Crippen MR) is 76.3 cm³/mol. The summed E-state index contributed by atoms with van der Waals surface area (Å²) in [7, 11) is 2.06. The quantitative estimate of drug-likeness (QED) is 0.889. The summed E-state index contributed by atoms with van der Waals surface area (Å²) in [5.41, 5.74) is 1.20. The van der Waals surface area contributed by atoms with Gasteiger partial charge in [0.15, 0.2) is 0 Å². The molecular weight excluding hydrogens is 224 g/mol. The zero-order valence-corrected chi connectivity index (χ0v) is 12.1. The van der Waals surface area contributed by atoms with E-state index in [1.165, 1.54) is 18.5 Å². The van der Waals surface area contributed by atoms with E-state index in [0.717, 1.165) is 25.5 Å². The Morgan fingerprint density at radius 2 is 2.28 bits per heavy atom. The molecule has 1 fully saturated rings. The summed E-state index contributed by atoms with van der Waals surface area (Å²) < 4.78 is 2.32. The number of anilines is 1. The molecule has 0 spiro atoms. The van der Waals surface area contributed by atoms with E-state index in [-0.39, 0.29) is 0 Å². The first-order valence-electron chi connectivity index (χ1n) is 7.15.